The molecule has 1 aromatic rings. The molecular formula is C13H19N3O3. The molecule has 1 heterocycles. The first kappa shape index (κ1) is 13.6. The van der Waals surface area contributed by atoms with E-state index in [-0.39, 0.29) is 17.6 Å². The van der Waals surface area contributed by atoms with E-state index < -0.39 is 4.92 Å². The number of nitro groups is 1. The van der Waals surface area contributed by atoms with Crippen molar-refractivity contribution in [1.29, 1.82) is 0 Å². The highest BCUT2D eigenvalue weighted by molar-refractivity contribution is 5.53. The molecule has 6 heteroatoms. The van der Waals surface area contributed by atoms with Crippen molar-refractivity contribution in [3.63, 3.8) is 0 Å². The summed E-state index contributed by atoms with van der Waals surface area (Å²) in [4.78, 5) is 14.1. The third-order valence-electron chi connectivity index (χ3n) is 3.67. The van der Waals surface area contributed by atoms with E-state index >= 15 is 0 Å². The smallest absolute Gasteiger partial charge is 0.311 e. The van der Waals surface area contributed by atoms with Crippen LogP contribution in [0.1, 0.15) is 39.0 Å². The summed E-state index contributed by atoms with van der Waals surface area (Å²) in [5.41, 5.74) is 5.37. The molecule has 2 unspecified atom stereocenters. The summed E-state index contributed by atoms with van der Waals surface area (Å²) in [7, 11) is 0. The quantitative estimate of drug-likeness (QED) is 0.667. The van der Waals surface area contributed by atoms with Gasteiger partial charge >= 0.3 is 5.69 Å². The Kier molecular flexibility index (Phi) is 4.19. The van der Waals surface area contributed by atoms with E-state index in [4.69, 9.17) is 10.5 Å². The molecule has 2 N–H and O–H groups in total. The molecular weight excluding hydrogens is 246 g/mol. The number of pyridine rings is 1. The average molecular weight is 265 g/mol. The lowest BCUT2D eigenvalue weighted by molar-refractivity contribution is -0.384. The fourth-order valence-electron chi connectivity index (χ4n) is 2.56. The van der Waals surface area contributed by atoms with Crippen LogP contribution in [0, 0.1) is 16.0 Å². The lowest BCUT2D eigenvalue weighted by Gasteiger charge is -2.28. The van der Waals surface area contributed by atoms with E-state index in [1.54, 1.807) is 0 Å². The predicted octanol–water partition coefficient (Wildman–Crippen LogP) is 2.92. The normalized spacial score (nSPS) is 23.0. The molecule has 1 aliphatic carbocycles. The van der Waals surface area contributed by atoms with E-state index in [1.165, 1.54) is 18.6 Å². The Morgan fingerprint density at radius 1 is 1.53 bits per heavy atom. The van der Waals surface area contributed by atoms with Crippen molar-refractivity contribution in [2.75, 3.05) is 5.73 Å². The van der Waals surface area contributed by atoms with Gasteiger partial charge in [0, 0.05) is 12.1 Å². The topological polar surface area (TPSA) is 91.3 Å². The van der Waals surface area contributed by atoms with Gasteiger partial charge in [-0.15, -0.1) is 0 Å². The van der Waals surface area contributed by atoms with E-state index in [9.17, 15) is 10.1 Å². The summed E-state index contributed by atoms with van der Waals surface area (Å²) < 4.78 is 5.79. The van der Waals surface area contributed by atoms with Crippen LogP contribution in [0.2, 0.25) is 0 Å². The van der Waals surface area contributed by atoms with Gasteiger partial charge in [-0.1, -0.05) is 19.8 Å². The van der Waals surface area contributed by atoms with Gasteiger partial charge in [0.15, 0.2) is 0 Å². The Hall–Kier alpha value is -1.85. The van der Waals surface area contributed by atoms with Gasteiger partial charge < -0.3 is 10.5 Å². The molecule has 1 aliphatic rings. The summed E-state index contributed by atoms with van der Waals surface area (Å²) in [5.74, 6) is 0.990. The molecule has 0 radical (unpaired) electrons. The molecule has 0 amide bonds. The fraction of sp³-hybridized carbons (Fsp3) is 0.615. The van der Waals surface area contributed by atoms with Crippen molar-refractivity contribution in [3.8, 4) is 5.88 Å². The monoisotopic (exact) mass is 265 g/mol. The minimum absolute atomic E-state index is 0.0923. The standard InChI is InChI=1S/C13H19N3O3/c1-2-9-4-3-5-10(8-9)19-12-7-6-11(16(17)18)13(14)15-12/h6-7,9-10H,2-5,8H2,1H3,(H2,14,15). The van der Waals surface area contributed by atoms with Crippen LogP contribution in [0.25, 0.3) is 0 Å². The SMILES string of the molecule is CCC1CCCC(Oc2ccc([N+](=O)[O-])c(N)n2)C1. The second-order valence-corrected chi connectivity index (χ2v) is 4.99. The Labute approximate surface area is 112 Å². The zero-order chi connectivity index (χ0) is 13.8. The molecule has 19 heavy (non-hydrogen) atoms. The molecule has 2 atom stereocenters. The fourth-order valence-corrected chi connectivity index (χ4v) is 2.56. The van der Waals surface area contributed by atoms with Crippen molar-refractivity contribution >= 4 is 11.5 Å². The van der Waals surface area contributed by atoms with Crippen LogP contribution >= 0.6 is 0 Å². The molecule has 2 rings (SSSR count). The molecule has 0 bridgehead atoms. The predicted molar refractivity (Wildman–Crippen MR) is 72.0 cm³/mol. The third-order valence-corrected chi connectivity index (χ3v) is 3.67. The van der Waals surface area contributed by atoms with Crippen molar-refractivity contribution in [2.45, 2.75) is 45.1 Å². The van der Waals surface area contributed by atoms with Gasteiger partial charge in [-0.25, -0.2) is 0 Å². The first-order chi connectivity index (χ1) is 9.10. The van der Waals surface area contributed by atoms with Gasteiger partial charge in [-0.05, 0) is 25.2 Å². The van der Waals surface area contributed by atoms with E-state index in [2.05, 4.69) is 11.9 Å². The maximum Gasteiger partial charge on any atom is 0.311 e. The van der Waals surface area contributed by atoms with Gasteiger partial charge in [-0.2, -0.15) is 4.98 Å². The number of hydrogen-bond acceptors (Lipinski definition) is 5. The van der Waals surface area contributed by atoms with Gasteiger partial charge in [0.25, 0.3) is 0 Å². The van der Waals surface area contributed by atoms with Crippen molar-refractivity contribution in [3.05, 3.63) is 22.2 Å². The Bertz CT molecular complexity index is 464. The summed E-state index contributed by atoms with van der Waals surface area (Å²) in [6, 6.07) is 2.86. The minimum Gasteiger partial charge on any atom is -0.474 e. The van der Waals surface area contributed by atoms with E-state index in [0.717, 1.165) is 25.7 Å². The second-order valence-electron chi connectivity index (χ2n) is 4.99. The summed E-state index contributed by atoms with van der Waals surface area (Å²) in [6.07, 6.45) is 5.75. The number of nitrogens with zero attached hydrogens (tertiary/aromatic N) is 2. The van der Waals surface area contributed by atoms with Crippen LogP contribution < -0.4 is 10.5 Å². The maximum atomic E-state index is 10.6. The largest absolute Gasteiger partial charge is 0.474 e. The van der Waals surface area contributed by atoms with Crippen LogP contribution in [-0.4, -0.2) is 16.0 Å². The summed E-state index contributed by atoms with van der Waals surface area (Å²) in [6.45, 7) is 2.19. The Balaban J connectivity index is 2.03. The number of ether oxygens (including phenoxy) is 1. The molecule has 0 aromatic carbocycles. The number of rotatable bonds is 4. The first-order valence-corrected chi connectivity index (χ1v) is 6.67. The van der Waals surface area contributed by atoms with Gasteiger partial charge in [0.2, 0.25) is 11.7 Å². The Morgan fingerprint density at radius 2 is 2.32 bits per heavy atom. The van der Waals surface area contributed by atoms with E-state index in [1.807, 2.05) is 0 Å². The average Bonchev–Trinajstić information content (AvgIpc) is 2.38. The van der Waals surface area contributed by atoms with Crippen LogP contribution in [-0.2, 0) is 0 Å². The Morgan fingerprint density at radius 3 is 2.95 bits per heavy atom. The van der Waals surface area contributed by atoms with Gasteiger partial charge in [0.05, 0.1) is 4.92 Å². The lowest BCUT2D eigenvalue weighted by Crippen LogP contribution is -2.25. The molecule has 0 aliphatic heterocycles. The van der Waals surface area contributed by atoms with Crippen molar-refractivity contribution < 1.29 is 9.66 Å². The van der Waals surface area contributed by atoms with Crippen LogP contribution in [0.5, 0.6) is 5.88 Å². The third kappa shape index (κ3) is 3.33. The molecule has 1 aromatic heterocycles. The van der Waals surface area contributed by atoms with Crippen molar-refractivity contribution in [1.82, 2.24) is 4.98 Å². The number of nitrogens with two attached hydrogens (primary N) is 1. The second kappa shape index (κ2) is 5.86. The molecule has 6 nitrogen and oxygen atoms in total. The van der Waals surface area contributed by atoms with Crippen LogP contribution in [0.15, 0.2) is 12.1 Å². The highest BCUT2D eigenvalue weighted by atomic mass is 16.6. The summed E-state index contributed by atoms with van der Waals surface area (Å²) >= 11 is 0. The molecule has 1 fully saturated rings. The lowest BCUT2D eigenvalue weighted by atomic mass is 9.85. The molecule has 104 valence electrons. The van der Waals surface area contributed by atoms with Crippen LogP contribution in [0.4, 0.5) is 11.5 Å². The van der Waals surface area contributed by atoms with Crippen molar-refractivity contribution in [2.24, 2.45) is 5.92 Å². The highest BCUT2D eigenvalue weighted by Crippen LogP contribution is 2.30. The minimum atomic E-state index is -0.542. The summed E-state index contributed by atoms with van der Waals surface area (Å²) in [5, 5.41) is 10.6. The number of nitrogen functional groups attached to an aromatic ring is 1. The molecule has 0 saturated heterocycles. The van der Waals surface area contributed by atoms with Crippen LogP contribution in [0.3, 0.4) is 0 Å². The molecule has 0 spiro atoms. The van der Waals surface area contributed by atoms with E-state index in [0.29, 0.717) is 11.8 Å². The highest BCUT2D eigenvalue weighted by Gasteiger charge is 2.23. The number of hydrogen-bond donors (Lipinski definition) is 1. The zero-order valence-electron chi connectivity index (χ0n) is 11.0. The number of anilines is 1. The number of aromatic nitrogens is 1. The van der Waals surface area contributed by atoms with Gasteiger partial charge in [0.1, 0.15) is 6.10 Å². The van der Waals surface area contributed by atoms with Gasteiger partial charge in [-0.3, -0.25) is 10.1 Å². The maximum absolute atomic E-state index is 10.6. The molecule has 1 saturated carbocycles. The first-order valence-electron chi connectivity index (χ1n) is 6.67. The zero-order valence-corrected chi connectivity index (χ0v) is 11.0.